The molecule has 0 atom stereocenters. The van der Waals surface area contributed by atoms with Gasteiger partial charge in [-0.15, -0.1) is 0 Å². The van der Waals surface area contributed by atoms with Crippen molar-refractivity contribution < 1.29 is 10.0 Å². The van der Waals surface area contributed by atoms with Gasteiger partial charge in [-0.25, -0.2) is 0 Å². The van der Waals surface area contributed by atoms with Crippen molar-refractivity contribution in [3.8, 4) is 6.07 Å². The number of hydrogen-bond acceptors (Lipinski definition) is 3. The molecule has 3 nitrogen and oxygen atoms in total. The summed E-state index contributed by atoms with van der Waals surface area (Å²) in [5, 5.41) is 28.6. The molecule has 0 saturated heterocycles. The Kier molecular flexibility index (Phi) is 4.63. The first-order chi connectivity index (χ1) is 9.19. The van der Waals surface area contributed by atoms with E-state index in [0.29, 0.717) is 16.9 Å². The lowest BCUT2D eigenvalue weighted by atomic mass is 9.69. The van der Waals surface area contributed by atoms with Crippen molar-refractivity contribution in [2.75, 3.05) is 0 Å². The van der Waals surface area contributed by atoms with Crippen LogP contribution in [0.25, 0.3) is 0 Å². The lowest BCUT2D eigenvalue weighted by Crippen LogP contribution is -2.35. The summed E-state index contributed by atoms with van der Waals surface area (Å²) < 4.78 is 0. The molecular formula is C15H20BNO2. The number of nitrogens with zero attached hydrogens (tertiary/aromatic N) is 1. The van der Waals surface area contributed by atoms with Crippen LogP contribution in [0, 0.1) is 11.3 Å². The van der Waals surface area contributed by atoms with Gasteiger partial charge in [-0.2, -0.15) is 5.26 Å². The van der Waals surface area contributed by atoms with Crippen molar-refractivity contribution in [1.82, 2.24) is 0 Å². The fraction of sp³-hybridized carbons (Fsp3) is 0.533. The second-order valence-electron chi connectivity index (χ2n) is 5.28. The van der Waals surface area contributed by atoms with E-state index in [4.69, 9.17) is 0 Å². The Morgan fingerprint density at radius 2 is 1.95 bits per heavy atom. The van der Waals surface area contributed by atoms with Crippen LogP contribution in [0.1, 0.15) is 61.6 Å². The maximum Gasteiger partial charge on any atom is 0.488 e. The van der Waals surface area contributed by atoms with E-state index in [0.717, 1.165) is 43.2 Å². The fourth-order valence-corrected chi connectivity index (χ4v) is 3.16. The molecule has 0 bridgehead atoms. The summed E-state index contributed by atoms with van der Waals surface area (Å²) in [5.74, 6) is 0.298. The molecule has 1 aromatic carbocycles. The Bertz CT molecular complexity index is 488. The van der Waals surface area contributed by atoms with Gasteiger partial charge in [0.05, 0.1) is 11.6 Å². The van der Waals surface area contributed by atoms with Crippen LogP contribution in [0.4, 0.5) is 0 Å². The fourth-order valence-electron chi connectivity index (χ4n) is 3.16. The summed E-state index contributed by atoms with van der Waals surface area (Å²) >= 11 is 0. The van der Waals surface area contributed by atoms with Crippen LogP contribution in [0.2, 0.25) is 0 Å². The number of hydrogen-bond donors (Lipinski definition) is 2. The second kappa shape index (κ2) is 6.23. The van der Waals surface area contributed by atoms with Gasteiger partial charge in [-0.3, -0.25) is 0 Å². The molecule has 0 amide bonds. The smallest absolute Gasteiger partial charge is 0.423 e. The highest BCUT2D eigenvalue weighted by Gasteiger charge is 2.27. The minimum atomic E-state index is -1.49. The molecular weight excluding hydrogens is 237 g/mol. The molecule has 0 unspecified atom stereocenters. The Hall–Kier alpha value is -1.31. The topological polar surface area (TPSA) is 64.2 Å². The van der Waals surface area contributed by atoms with Crippen molar-refractivity contribution in [3.05, 3.63) is 28.8 Å². The summed E-state index contributed by atoms with van der Waals surface area (Å²) in [6.07, 6.45) is 6.44. The molecule has 1 aliphatic rings. The molecule has 1 aromatic rings. The Morgan fingerprint density at radius 1 is 1.26 bits per heavy atom. The summed E-state index contributed by atoms with van der Waals surface area (Å²) in [6, 6.07) is 5.90. The number of benzene rings is 1. The van der Waals surface area contributed by atoms with Crippen LogP contribution in [0.5, 0.6) is 0 Å². The van der Waals surface area contributed by atoms with E-state index in [2.05, 4.69) is 6.07 Å². The van der Waals surface area contributed by atoms with Gasteiger partial charge >= 0.3 is 7.12 Å². The molecule has 0 heterocycles. The van der Waals surface area contributed by atoms with E-state index in [-0.39, 0.29) is 0 Å². The third kappa shape index (κ3) is 2.83. The molecule has 100 valence electrons. The maximum absolute atomic E-state index is 9.56. The first kappa shape index (κ1) is 14.1. The zero-order chi connectivity index (χ0) is 13.8. The molecule has 2 rings (SSSR count). The quantitative estimate of drug-likeness (QED) is 0.812. The van der Waals surface area contributed by atoms with Crippen molar-refractivity contribution in [2.24, 2.45) is 0 Å². The highest BCUT2D eigenvalue weighted by Crippen LogP contribution is 2.34. The van der Waals surface area contributed by atoms with Gasteiger partial charge in [-0.1, -0.05) is 38.3 Å². The molecule has 0 aromatic heterocycles. The van der Waals surface area contributed by atoms with Crippen LogP contribution >= 0.6 is 0 Å². The van der Waals surface area contributed by atoms with Gasteiger partial charge in [0.2, 0.25) is 0 Å². The Labute approximate surface area is 115 Å². The van der Waals surface area contributed by atoms with Crippen molar-refractivity contribution >= 4 is 12.6 Å². The minimum absolute atomic E-state index is 0.298. The zero-order valence-electron chi connectivity index (χ0n) is 11.4. The summed E-state index contributed by atoms with van der Waals surface area (Å²) in [4.78, 5) is 0. The average molecular weight is 257 g/mol. The molecule has 2 N–H and O–H groups in total. The van der Waals surface area contributed by atoms with Gasteiger partial charge < -0.3 is 10.0 Å². The standard InChI is InChI=1S/C15H20BNO2/c1-2-11-8-9-14(16(18)19)15(13(11)10-17)12-6-4-3-5-7-12/h8-9,12,18-19H,2-7H2,1H3. The van der Waals surface area contributed by atoms with Gasteiger partial charge in [0.1, 0.15) is 0 Å². The minimum Gasteiger partial charge on any atom is -0.423 e. The highest BCUT2D eigenvalue weighted by molar-refractivity contribution is 6.59. The van der Waals surface area contributed by atoms with E-state index >= 15 is 0 Å². The van der Waals surface area contributed by atoms with E-state index in [1.54, 1.807) is 6.07 Å². The monoisotopic (exact) mass is 257 g/mol. The predicted octanol–water partition coefficient (Wildman–Crippen LogP) is 1.85. The van der Waals surface area contributed by atoms with Crippen LogP contribution in [-0.4, -0.2) is 17.2 Å². The van der Waals surface area contributed by atoms with Crippen molar-refractivity contribution in [1.29, 1.82) is 5.26 Å². The molecule has 1 fully saturated rings. The van der Waals surface area contributed by atoms with Crippen LogP contribution < -0.4 is 5.46 Å². The van der Waals surface area contributed by atoms with Crippen LogP contribution in [-0.2, 0) is 6.42 Å². The lowest BCUT2D eigenvalue weighted by Gasteiger charge is -2.26. The summed E-state index contributed by atoms with van der Waals surface area (Å²) in [7, 11) is -1.49. The molecule has 19 heavy (non-hydrogen) atoms. The van der Waals surface area contributed by atoms with E-state index in [1.165, 1.54) is 6.42 Å². The normalized spacial score (nSPS) is 16.1. The van der Waals surface area contributed by atoms with Crippen LogP contribution in [0.3, 0.4) is 0 Å². The molecule has 1 aliphatic carbocycles. The average Bonchev–Trinajstić information content (AvgIpc) is 2.46. The first-order valence-corrected chi connectivity index (χ1v) is 7.11. The lowest BCUT2D eigenvalue weighted by molar-refractivity contribution is 0.420. The number of nitriles is 1. The van der Waals surface area contributed by atoms with Crippen LogP contribution in [0.15, 0.2) is 12.1 Å². The van der Waals surface area contributed by atoms with Crippen molar-refractivity contribution in [2.45, 2.75) is 51.4 Å². The third-order valence-corrected chi connectivity index (χ3v) is 4.15. The number of aryl methyl sites for hydroxylation is 1. The van der Waals surface area contributed by atoms with E-state index in [1.807, 2.05) is 13.0 Å². The molecule has 0 aliphatic heterocycles. The molecule has 0 spiro atoms. The number of rotatable bonds is 3. The zero-order valence-corrected chi connectivity index (χ0v) is 11.4. The summed E-state index contributed by atoms with van der Waals surface area (Å²) in [5.41, 5.74) is 3.07. The van der Waals surface area contributed by atoms with Gasteiger partial charge in [-0.05, 0) is 41.8 Å². The van der Waals surface area contributed by atoms with Gasteiger partial charge in [0.15, 0.2) is 0 Å². The molecule has 4 heteroatoms. The Balaban J connectivity index is 2.55. The van der Waals surface area contributed by atoms with E-state index in [9.17, 15) is 15.3 Å². The van der Waals surface area contributed by atoms with Gasteiger partial charge in [0, 0.05) is 0 Å². The third-order valence-electron chi connectivity index (χ3n) is 4.15. The van der Waals surface area contributed by atoms with Gasteiger partial charge in [0.25, 0.3) is 0 Å². The highest BCUT2D eigenvalue weighted by atomic mass is 16.4. The largest absolute Gasteiger partial charge is 0.488 e. The molecule has 0 radical (unpaired) electrons. The summed E-state index contributed by atoms with van der Waals surface area (Å²) in [6.45, 7) is 2.02. The SMILES string of the molecule is CCc1ccc(B(O)O)c(C2CCCCC2)c1C#N. The Morgan fingerprint density at radius 3 is 2.47 bits per heavy atom. The first-order valence-electron chi connectivity index (χ1n) is 7.11. The van der Waals surface area contributed by atoms with Crippen molar-refractivity contribution in [3.63, 3.8) is 0 Å². The maximum atomic E-state index is 9.56. The molecule has 1 saturated carbocycles. The second-order valence-corrected chi connectivity index (χ2v) is 5.28. The predicted molar refractivity (Wildman–Crippen MR) is 76.2 cm³/mol. The van der Waals surface area contributed by atoms with E-state index < -0.39 is 7.12 Å².